The molecule has 0 radical (unpaired) electrons. The van der Waals surface area contributed by atoms with Crippen molar-refractivity contribution in [3.8, 4) is 11.5 Å². The summed E-state index contributed by atoms with van der Waals surface area (Å²) >= 11 is 2.19. The molecule has 0 saturated carbocycles. The fourth-order valence-electron chi connectivity index (χ4n) is 3.55. The molecule has 1 amide bonds. The highest BCUT2D eigenvalue weighted by Crippen LogP contribution is 2.35. The molecule has 4 aromatic carbocycles. The molecule has 5 heteroatoms. The summed E-state index contributed by atoms with van der Waals surface area (Å²) in [5.74, 6) is 1.08. The molecule has 0 aromatic heterocycles. The molecule has 32 heavy (non-hydrogen) atoms. The zero-order chi connectivity index (χ0) is 22.3. The zero-order valence-corrected chi connectivity index (χ0v) is 20.0. The number of nitrogens with one attached hydrogen (secondary N) is 1. The average Bonchev–Trinajstić information content (AvgIpc) is 2.83. The molecule has 0 bridgehead atoms. The first-order valence-electron chi connectivity index (χ1n) is 10.5. The highest BCUT2D eigenvalue weighted by Gasteiger charge is 2.16. The number of carbonyl (C=O) groups is 1. The lowest BCUT2D eigenvalue weighted by molar-refractivity contribution is 0.0950. The minimum atomic E-state index is -0.150. The number of benzene rings is 4. The van der Waals surface area contributed by atoms with Gasteiger partial charge in [-0.15, -0.1) is 0 Å². The summed E-state index contributed by atoms with van der Waals surface area (Å²) in [7, 11) is 0. The van der Waals surface area contributed by atoms with E-state index in [1.54, 1.807) is 6.07 Å². The van der Waals surface area contributed by atoms with E-state index in [0.29, 0.717) is 36.8 Å². The molecule has 0 unspecified atom stereocenters. The maximum absolute atomic E-state index is 13.0. The number of fused-ring (bicyclic) bond motifs is 1. The van der Waals surface area contributed by atoms with E-state index in [-0.39, 0.29) is 5.91 Å². The van der Waals surface area contributed by atoms with E-state index in [0.717, 1.165) is 25.5 Å². The topological polar surface area (TPSA) is 47.6 Å². The molecule has 4 nitrogen and oxygen atoms in total. The first-order chi connectivity index (χ1) is 15.7. The highest BCUT2D eigenvalue weighted by atomic mass is 127. The third kappa shape index (κ3) is 5.22. The number of carbonyl (C=O) groups excluding carboxylic acids is 1. The summed E-state index contributed by atoms with van der Waals surface area (Å²) in [6.07, 6.45) is 0. The van der Waals surface area contributed by atoms with E-state index in [9.17, 15) is 4.79 Å². The van der Waals surface area contributed by atoms with E-state index < -0.39 is 0 Å². The normalized spacial score (nSPS) is 10.7. The van der Waals surface area contributed by atoms with Gasteiger partial charge in [0.15, 0.2) is 11.5 Å². The zero-order valence-electron chi connectivity index (χ0n) is 17.8. The van der Waals surface area contributed by atoms with Crippen molar-refractivity contribution < 1.29 is 14.3 Å². The Kier molecular flexibility index (Phi) is 7.27. The smallest absolute Gasteiger partial charge is 0.251 e. The van der Waals surface area contributed by atoms with Gasteiger partial charge in [-0.3, -0.25) is 4.79 Å². The van der Waals surface area contributed by atoms with Gasteiger partial charge in [-0.2, -0.15) is 0 Å². The Morgan fingerprint density at radius 1 is 0.906 bits per heavy atom. The van der Waals surface area contributed by atoms with Crippen molar-refractivity contribution in [2.75, 3.05) is 6.61 Å². The van der Waals surface area contributed by atoms with Crippen LogP contribution in [-0.4, -0.2) is 12.5 Å². The second-order valence-electron chi connectivity index (χ2n) is 7.31. The first-order valence-corrected chi connectivity index (χ1v) is 11.6. The van der Waals surface area contributed by atoms with Crippen molar-refractivity contribution in [1.82, 2.24) is 5.32 Å². The molecule has 162 valence electrons. The SMILES string of the molecule is CCOc1c(I)cc(C(=O)NCc2cccc3ccccc23)cc1OCc1ccccc1. The minimum absolute atomic E-state index is 0.150. The monoisotopic (exact) mass is 537 g/mol. The van der Waals surface area contributed by atoms with Crippen molar-refractivity contribution in [3.05, 3.63) is 105 Å². The Morgan fingerprint density at radius 3 is 2.47 bits per heavy atom. The van der Waals surface area contributed by atoms with Gasteiger partial charge >= 0.3 is 0 Å². The third-order valence-corrected chi connectivity index (χ3v) is 5.92. The van der Waals surface area contributed by atoms with Crippen molar-refractivity contribution >= 4 is 39.3 Å². The standard InChI is InChI=1S/C27H24INO3/c1-2-31-26-24(28)15-22(16-25(26)32-18-19-9-4-3-5-10-19)27(30)29-17-21-13-8-12-20-11-6-7-14-23(20)21/h3-16H,2,17-18H2,1H3,(H,29,30). The summed E-state index contributed by atoms with van der Waals surface area (Å²) in [6, 6.07) is 27.8. The molecule has 0 fully saturated rings. The van der Waals surface area contributed by atoms with Crippen molar-refractivity contribution in [2.45, 2.75) is 20.1 Å². The number of amides is 1. The van der Waals surface area contributed by atoms with Crippen LogP contribution < -0.4 is 14.8 Å². The summed E-state index contributed by atoms with van der Waals surface area (Å²) < 4.78 is 12.7. The van der Waals surface area contributed by atoms with E-state index in [1.807, 2.05) is 67.6 Å². The largest absolute Gasteiger partial charge is 0.489 e. The molecule has 0 saturated heterocycles. The third-order valence-electron chi connectivity index (χ3n) is 5.12. The van der Waals surface area contributed by atoms with Gasteiger partial charge in [0.25, 0.3) is 5.91 Å². The Balaban J connectivity index is 1.54. The van der Waals surface area contributed by atoms with Gasteiger partial charge in [0.1, 0.15) is 6.61 Å². The van der Waals surface area contributed by atoms with Crippen LogP contribution in [0.25, 0.3) is 10.8 Å². The number of ether oxygens (including phenoxy) is 2. The summed E-state index contributed by atoms with van der Waals surface area (Å²) in [5, 5.41) is 5.35. The van der Waals surface area contributed by atoms with Crippen LogP contribution in [0.3, 0.4) is 0 Å². The molecule has 0 heterocycles. The van der Waals surface area contributed by atoms with Crippen LogP contribution in [0.5, 0.6) is 11.5 Å². The maximum atomic E-state index is 13.0. The van der Waals surface area contributed by atoms with Crippen LogP contribution in [0.2, 0.25) is 0 Å². The lowest BCUT2D eigenvalue weighted by atomic mass is 10.0. The van der Waals surface area contributed by atoms with Crippen molar-refractivity contribution in [2.24, 2.45) is 0 Å². The minimum Gasteiger partial charge on any atom is -0.489 e. The molecule has 0 aliphatic heterocycles. The van der Waals surface area contributed by atoms with Crippen LogP contribution in [0.4, 0.5) is 0 Å². The Hall–Kier alpha value is -3.06. The van der Waals surface area contributed by atoms with E-state index in [4.69, 9.17) is 9.47 Å². The summed E-state index contributed by atoms with van der Waals surface area (Å²) in [6.45, 7) is 3.30. The van der Waals surface area contributed by atoms with E-state index >= 15 is 0 Å². The average molecular weight is 537 g/mol. The second kappa shape index (κ2) is 10.5. The van der Waals surface area contributed by atoms with Gasteiger partial charge in [0.05, 0.1) is 10.2 Å². The van der Waals surface area contributed by atoms with E-state index in [2.05, 4.69) is 46.1 Å². The van der Waals surface area contributed by atoms with Gasteiger partial charge in [0, 0.05) is 12.1 Å². The molecule has 4 rings (SSSR count). The summed E-state index contributed by atoms with van der Waals surface area (Å²) in [4.78, 5) is 13.0. The molecular formula is C27H24INO3. The number of hydrogen-bond acceptors (Lipinski definition) is 3. The molecule has 4 aromatic rings. The maximum Gasteiger partial charge on any atom is 0.251 e. The Morgan fingerprint density at radius 2 is 1.66 bits per heavy atom. The number of hydrogen-bond donors (Lipinski definition) is 1. The molecule has 1 N–H and O–H groups in total. The second-order valence-corrected chi connectivity index (χ2v) is 8.48. The fourth-order valence-corrected chi connectivity index (χ4v) is 4.31. The molecule has 0 aliphatic carbocycles. The quantitative estimate of drug-likeness (QED) is 0.267. The summed E-state index contributed by atoms with van der Waals surface area (Å²) in [5.41, 5.74) is 2.68. The lowest BCUT2D eigenvalue weighted by Crippen LogP contribution is -2.23. The van der Waals surface area contributed by atoms with Crippen LogP contribution in [0, 0.1) is 3.57 Å². The van der Waals surface area contributed by atoms with Crippen LogP contribution in [0.15, 0.2) is 84.9 Å². The van der Waals surface area contributed by atoms with Gasteiger partial charge in [0.2, 0.25) is 0 Å². The molecule has 0 atom stereocenters. The van der Waals surface area contributed by atoms with Gasteiger partial charge in [-0.1, -0.05) is 72.8 Å². The predicted octanol–water partition coefficient (Wildman–Crippen LogP) is 6.35. The van der Waals surface area contributed by atoms with Crippen LogP contribution in [-0.2, 0) is 13.2 Å². The van der Waals surface area contributed by atoms with Gasteiger partial charge in [-0.05, 0) is 63.5 Å². The first kappa shape index (κ1) is 22.1. The Bertz CT molecular complexity index is 1220. The lowest BCUT2D eigenvalue weighted by Gasteiger charge is -2.16. The number of rotatable bonds is 8. The highest BCUT2D eigenvalue weighted by molar-refractivity contribution is 14.1. The van der Waals surface area contributed by atoms with Crippen molar-refractivity contribution in [1.29, 1.82) is 0 Å². The number of halogens is 1. The van der Waals surface area contributed by atoms with Gasteiger partial charge < -0.3 is 14.8 Å². The van der Waals surface area contributed by atoms with Gasteiger partial charge in [-0.25, -0.2) is 0 Å². The van der Waals surface area contributed by atoms with Crippen molar-refractivity contribution in [3.63, 3.8) is 0 Å². The molecule has 0 aliphatic rings. The van der Waals surface area contributed by atoms with Crippen LogP contribution >= 0.6 is 22.6 Å². The Labute approximate surface area is 201 Å². The predicted molar refractivity (Wildman–Crippen MR) is 136 cm³/mol. The van der Waals surface area contributed by atoms with Crippen LogP contribution in [0.1, 0.15) is 28.4 Å². The molecular weight excluding hydrogens is 513 g/mol. The van der Waals surface area contributed by atoms with E-state index in [1.165, 1.54) is 0 Å². The fraction of sp³-hybridized carbons (Fsp3) is 0.148. The molecule has 0 spiro atoms.